The first-order valence-electron chi connectivity index (χ1n) is 9.53. The maximum Gasteiger partial charge on any atom is 0.272 e. The lowest BCUT2D eigenvalue weighted by atomic mass is 9.89. The van der Waals surface area contributed by atoms with Gasteiger partial charge in [-0.2, -0.15) is 0 Å². The van der Waals surface area contributed by atoms with Gasteiger partial charge >= 0.3 is 0 Å². The van der Waals surface area contributed by atoms with E-state index in [-0.39, 0.29) is 42.1 Å². The molecule has 2 aliphatic rings. The van der Waals surface area contributed by atoms with Crippen molar-refractivity contribution in [3.05, 3.63) is 59.5 Å². The van der Waals surface area contributed by atoms with E-state index in [0.717, 1.165) is 5.56 Å². The van der Waals surface area contributed by atoms with Gasteiger partial charge in [0.2, 0.25) is 5.91 Å². The quantitative estimate of drug-likeness (QED) is 0.847. The van der Waals surface area contributed by atoms with Crippen LogP contribution in [0.15, 0.2) is 42.5 Å². The maximum atomic E-state index is 13.9. The van der Waals surface area contributed by atoms with Crippen LogP contribution in [-0.2, 0) is 9.53 Å². The number of fused-ring (bicyclic) bond motifs is 1. The van der Waals surface area contributed by atoms with E-state index in [1.807, 2.05) is 6.07 Å². The van der Waals surface area contributed by atoms with E-state index >= 15 is 0 Å². The minimum absolute atomic E-state index is 0.0163. The number of benzene rings is 1. The number of rotatable bonds is 4. The Kier molecular flexibility index (Phi) is 5.19. The smallest absolute Gasteiger partial charge is 0.272 e. The summed E-state index contributed by atoms with van der Waals surface area (Å²) in [5.41, 5.74) is 6.75. The van der Waals surface area contributed by atoms with Gasteiger partial charge in [0.25, 0.3) is 5.91 Å². The van der Waals surface area contributed by atoms with E-state index in [9.17, 15) is 14.0 Å². The molecule has 0 spiro atoms. The van der Waals surface area contributed by atoms with E-state index in [1.54, 1.807) is 34.1 Å². The fourth-order valence-electron chi connectivity index (χ4n) is 4.52. The fraction of sp³-hybridized carbons (Fsp3) is 0.381. The average Bonchev–Trinajstić information content (AvgIpc) is 3.25. The molecule has 3 heterocycles. The van der Waals surface area contributed by atoms with Crippen molar-refractivity contribution in [2.75, 3.05) is 39.1 Å². The number of nitrogen functional groups attached to an aromatic ring is 1. The Morgan fingerprint density at radius 1 is 1.21 bits per heavy atom. The third-order valence-electron chi connectivity index (χ3n) is 5.72. The summed E-state index contributed by atoms with van der Waals surface area (Å²) in [6.45, 7) is 1.46. The van der Waals surface area contributed by atoms with Crippen molar-refractivity contribution in [3.63, 3.8) is 0 Å². The van der Waals surface area contributed by atoms with Gasteiger partial charge in [0.1, 0.15) is 23.9 Å². The Balaban J connectivity index is 1.60. The number of methoxy groups -OCH3 is 1. The number of nitrogens with two attached hydrogens (primary N) is 1. The van der Waals surface area contributed by atoms with Crippen LogP contribution in [0.2, 0.25) is 0 Å². The minimum Gasteiger partial charge on any atom is -0.384 e. The molecule has 1 aromatic heterocycles. The molecule has 152 valence electrons. The molecule has 2 saturated heterocycles. The van der Waals surface area contributed by atoms with Crippen molar-refractivity contribution in [2.45, 2.75) is 6.04 Å². The molecule has 1 aromatic carbocycles. The summed E-state index contributed by atoms with van der Waals surface area (Å²) in [5, 5.41) is 0. The van der Waals surface area contributed by atoms with Crippen molar-refractivity contribution >= 4 is 17.6 Å². The Labute approximate surface area is 168 Å². The van der Waals surface area contributed by atoms with Crippen LogP contribution in [-0.4, -0.2) is 59.9 Å². The first kappa shape index (κ1) is 19.3. The van der Waals surface area contributed by atoms with Gasteiger partial charge in [0.05, 0.1) is 6.04 Å². The van der Waals surface area contributed by atoms with Gasteiger partial charge in [-0.3, -0.25) is 9.59 Å². The van der Waals surface area contributed by atoms with E-state index < -0.39 is 0 Å². The summed E-state index contributed by atoms with van der Waals surface area (Å²) in [6.07, 6.45) is 0. The van der Waals surface area contributed by atoms with Gasteiger partial charge in [0.15, 0.2) is 0 Å². The van der Waals surface area contributed by atoms with E-state index in [2.05, 4.69) is 4.98 Å². The number of anilines is 1. The number of ether oxygens (including phenoxy) is 1. The van der Waals surface area contributed by atoms with Crippen LogP contribution in [0.3, 0.4) is 0 Å². The zero-order valence-electron chi connectivity index (χ0n) is 16.1. The molecule has 29 heavy (non-hydrogen) atoms. The van der Waals surface area contributed by atoms with Crippen molar-refractivity contribution in [3.8, 4) is 0 Å². The number of halogens is 1. The van der Waals surface area contributed by atoms with Crippen LogP contribution in [0.4, 0.5) is 10.2 Å². The van der Waals surface area contributed by atoms with Gasteiger partial charge in [-0.15, -0.1) is 0 Å². The zero-order chi connectivity index (χ0) is 20.5. The fourth-order valence-corrected chi connectivity index (χ4v) is 4.52. The second-order valence-electron chi connectivity index (χ2n) is 7.56. The van der Waals surface area contributed by atoms with Crippen LogP contribution in [0, 0.1) is 17.7 Å². The second kappa shape index (κ2) is 7.79. The summed E-state index contributed by atoms with van der Waals surface area (Å²) >= 11 is 0. The van der Waals surface area contributed by atoms with Crippen molar-refractivity contribution in [2.24, 2.45) is 11.8 Å². The second-order valence-corrected chi connectivity index (χ2v) is 7.56. The van der Waals surface area contributed by atoms with Crippen molar-refractivity contribution in [1.29, 1.82) is 0 Å². The summed E-state index contributed by atoms with van der Waals surface area (Å²) in [4.78, 5) is 33.1. The van der Waals surface area contributed by atoms with Gasteiger partial charge < -0.3 is 20.3 Å². The third-order valence-corrected chi connectivity index (χ3v) is 5.72. The highest BCUT2D eigenvalue weighted by atomic mass is 19.1. The number of likely N-dealkylation sites (tertiary alicyclic amines) is 2. The predicted molar refractivity (Wildman–Crippen MR) is 104 cm³/mol. The molecule has 0 aliphatic carbocycles. The molecule has 2 aromatic rings. The molecule has 7 nitrogen and oxygen atoms in total. The molecule has 0 saturated carbocycles. The Morgan fingerprint density at radius 2 is 2.00 bits per heavy atom. The van der Waals surface area contributed by atoms with Crippen LogP contribution >= 0.6 is 0 Å². The Bertz CT molecular complexity index is 938. The van der Waals surface area contributed by atoms with Crippen LogP contribution in [0.5, 0.6) is 0 Å². The van der Waals surface area contributed by atoms with E-state index in [0.29, 0.717) is 31.1 Å². The molecule has 8 heteroatoms. The molecule has 3 atom stereocenters. The Morgan fingerprint density at radius 3 is 2.72 bits per heavy atom. The molecular weight excluding hydrogens is 375 g/mol. The predicted octanol–water partition coefficient (Wildman–Crippen LogP) is 1.72. The maximum absolute atomic E-state index is 13.9. The van der Waals surface area contributed by atoms with Crippen molar-refractivity contribution < 1.29 is 18.7 Å². The third kappa shape index (κ3) is 3.67. The largest absolute Gasteiger partial charge is 0.384 e. The molecule has 0 unspecified atom stereocenters. The summed E-state index contributed by atoms with van der Waals surface area (Å²) in [7, 11) is 1.48. The monoisotopic (exact) mass is 398 g/mol. The van der Waals surface area contributed by atoms with E-state index in [1.165, 1.54) is 19.2 Å². The summed E-state index contributed by atoms with van der Waals surface area (Å²) < 4.78 is 18.9. The van der Waals surface area contributed by atoms with Crippen LogP contribution in [0.25, 0.3) is 0 Å². The average molecular weight is 398 g/mol. The number of amides is 2. The van der Waals surface area contributed by atoms with Crippen LogP contribution < -0.4 is 5.73 Å². The van der Waals surface area contributed by atoms with Gasteiger partial charge in [-0.25, -0.2) is 9.37 Å². The van der Waals surface area contributed by atoms with E-state index in [4.69, 9.17) is 10.5 Å². The number of aromatic nitrogens is 1. The van der Waals surface area contributed by atoms with Gasteiger partial charge in [-0.1, -0.05) is 18.2 Å². The number of carbonyl (C=O) groups excluding carboxylic acids is 2. The van der Waals surface area contributed by atoms with Gasteiger partial charge in [-0.05, 0) is 29.8 Å². The van der Waals surface area contributed by atoms with Crippen LogP contribution in [0.1, 0.15) is 22.1 Å². The molecule has 2 N–H and O–H groups in total. The number of pyridine rings is 1. The first-order valence-corrected chi connectivity index (χ1v) is 9.53. The highest BCUT2D eigenvalue weighted by Crippen LogP contribution is 2.45. The topological polar surface area (TPSA) is 88.8 Å². The highest BCUT2D eigenvalue weighted by Gasteiger charge is 2.50. The standard InChI is InChI=1S/C21H23FN4O3/c1-29-12-19(27)26-10-14-9-25(21(28)17-6-3-7-18(23)24-17)11-16(14)20(26)13-4-2-5-15(22)8-13/h2-8,14,16,20H,9-12H2,1H3,(H2,23,24)/t14-,16-,20+/m1/s1. The number of carbonyl (C=O) groups is 2. The molecule has 4 rings (SSSR count). The van der Waals surface area contributed by atoms with Crippen molar-refractivity contribution in [1.82, 2.24) is 14.8 Å². The van der Waals surface area contributed by atoms with Gasteiger partial charge in [0, 0.05) is 38.6 Å². The number of nitrogens with zero attached hydrogens (tertiary/aromatic N) is 3. The summed E-state index contributed by atoms with van der Waals surface area (Å²) in [6, 6.07) is 11.0. The first-order chi connectivity index (χ1) is 14.0. The summed E-state index contributed by atoms with van der Waals surface area (Å²) in [5.74, 6) is -0.244. The molecule has 0 radical (unpaired) electrons. The molecule has 0 bridgehead atoms. The molecule has 2 aliphatic heterocycles. The minimum atomic E-state index is -0.347. The lowest BCUT2D eigenvalue weighted by Crippen LogP contribution is -2.39. The lowest BCUT2D eigenvalue weighted by molar-refractivity contribution is -0.136. The zero-order valence-corrected chi connectivity index (χ0v) is 16.1. The SMILES string of the molecule is COCC(=O)N1C[C@H]2CN(C(=O)c3cccc(N)n3)C[C@H]2[C@@H]1c1cccc(F)c1. The lowest BCUT2D eigenvalue weighted by Gasteiger charge is -2.30. The normalized spacial score (nSPS) is 23.3. The molecule has 2 fully saturated rings. The number of hydrogen-bond acceptors (Lipinski definition) is 5. The Hall–Kier alpha value is -3.00. The number of hydrogen-bond donors (Lipinski definition) is 1. The molecular formula is C21H23FN4O3. The highest BCUT2D eigenvalue weighted by molar-refractivity contribution is 5.93. The molecule has 2 amide bonds.